The van der Waals surface area contributed by atoms with E-state index >= 15 is 0 Å². The van der Waals surface area contributed by atoms with E-state index in [-0.39, 0.29) is 11.6 Å². The van der Waals surface area contributed by atoms with Crippen molar-refractivity contribution >= 4 is 61.7 Å². The van der Waals surface area contributed by atoms with Gasteiger partial charge in [-0.1, -0.05) is 36.4 Å². The van der Waals surface area contributed by atoms with Crippen LogP contribution in [0.5, 0.6) is 11.5 Å². The number of ketones is 2. The molecule has 9 heteroatoms. The fourth-order valence-corrected chi connectivity index (χ4v) is 5.51. The number of fused-ring (bicyclic) bond motifs is 2. The molecule has 0 radical (unpaired) electrons. The first-order chi connectivity index (χ1) is 22.0. The van der Waals surface area contributed by atoms with Gasteiger partial charge in [0.05, 0.1) is 19.2 Å². The summed E-state index contributed by atoms with van der Waals surface area (Å²) in [4.78, 5) is 36.8. The number of aromatic nitrogens is 2. The number of allylic oxidation sites excluding steroid dienone is 4. The minimum Gasteiger partial charge on any atom is -0.493 e. The number of nitrogens with one attached hydrogen (secondary N) is 1. The van der Waals surface area contributed by atoms with Crippen molar-refractivity contribution in [3.63, 3.8) is 0 Å². The zero-order valence-electron chi connectivity index (χ0n) is 25.2. The summed E-state index contributed by atoms with van der Waals surface area (Å²) in [6, 6.07) is 23.8. The Morgan fingerprint density at radius 3 is 2.49 bits per heavy atom. The van der Waals surface area contributed by atoms with Gasteiger partial charge in [-0.2, -0.15) is 0 Å². The summed E-state index contributed by atoms with van der Waals surface area (Å²) < 4.78 is 16.5. The maximum Gasteiger partial charge on any atom is 0.186 e. The first kappa shape index (κ1) is 29.5. The van der Waals surface area contributed by atoms with Gasteiger partial charge >= 0.3 is 0 Å². The first-order valence-corrected chi connectivity index (χ1v) is 14.6. The predicted molar refractivity (Wildman–Crippen MR) is 177 cm³/mol. The van der Waals surface area contributed by atoms with Crippen molar-refractivity contribution in [2.75, 3.05) is 44.2 Å². The minimum absolute atomic E-state index is 0.236. The van der Waals surface area contributed by atoms with Crippen LogP contribution in [0.2, 0.25) is 0 Å². The number of hydrogen-bond acceptors (Lipinski definition) is 9. The van der Waals surface area contributed by atoms with E-state index in [1.165, 1.54) is 24.6 Å². The van der Waals surface area contributed by atoms with Gasteiger partial charge in [0, 0.05) is 58.7 Å². The lowest BCUT2D eigenvalue weighted by Crippen LogP contribution is -2.19. The molecule has 0 bridgehead atoms. The molecule has 0 atom stereocenters. The van der Waals surface area contributed by atoms with Crippen LogP contribution in [0, 0.1) is 0 Å². The number of nitrogens with zero attached hydrogens (tertiary/aromatic N) is 3. The van der Waals surface area contributed by atoms with E-state index in [0.29, 0.717) is 59.4 Å². The molecular formula is C36H32N4O5. The molecular weight excluding hydrogens is 568 g/mol. The lowest BCUT2D eigenvalue weighted by molar-refractivity contribution is -0.113. The highest BCUT2D eigenvalue weighted by molar-refractivity contribution is 6.35. The highest BCUT2D eigenvalue weighted by Gasteiger charge is 2.23. The Hall–Kier alpha value is -5.54. The Morgan fingerprint density at radius 2 is 1.67 bits per heavy atom. The van der Waals surface area contributed by atoms with Crippen LogP contribution in [0.3, 0.4) is 0 Å². The molecule has 1 aromatic heterocycles. The molecule has 0 fully saturated rings. The Morgan fingerprint density at radius 1 is 0.822 bits per heavy atom. The van der Waals surface area contributed by atoms with Gasteiger partial charge in [-0.15, -0.1) is 0 Å². The summed E-state index contributed by atoms with van der Waals surface area (Å²) in [7, 11) is 3.19. The monoisotopic (exact) mass is 600 g/mol. The summed E-state index contributed by atoms with van der Waals surface area (Å²) in [5.41, 5.74) is 4.09. The van der Waals surface area contributed by atoms with Gasteiger partial charge in [0.1, 0.15) is 18.8 Å². The van der Waals surface area contributed by atoms with Crippen LogP contribution >= 0.6 is 0 Å². The SMILES string of the molecule is CCN(c1ccc(Nc2ncnc3cc(OCCOC)c(OC)cc23)cc1C1=CC(=O)C=CC1=O)c1cccc2ccccc12. The summed E-state index contributed by atoms with van der Waals surface area (Å²) in [5, 5.41) is 6.31. The molecule has 0 aliphatic heterocycles. The number of carbonyl (C=O) groups is 2. The van der Waals surface area contributed by atoms with E-state index in [1.54, 1.807) is 20.3 Å². The van der Waals surface area contributed by atoms with Gasteiger partial charge in [-0.05, 0) is 60.9 Å². The Bertz CT molecular complexity index is 1980. The van der Waals surface area contributed by atoms with E-state index in [2.05, 4.69) is 51.4 Å². The smallest absolute Gasteiger partial charge is 0.186 e. The van der Waals surface area contributed by atoms with Crippen molar-refractivity contribution in [3.05, 3.63) is 103 Å². The third-order valence-corrected chi connectivity index (χ3v) is 7.63. The molecule has 1 heterocycles. The second-order valence-electron chi connectivity index (χ2n) is 10.3. The number of rotatable bonds is 11. The van der Waals surface area contributed by atoms with Crippen LogP contribution in [-0.2, 0) is 14.3 Å². The molecule has 5 aromatic rings. The normalized spacial score (nSPS) is 12.8. The number of hydrogen-bond donors (Lipinski definition) is 1. The molecule has 0 unspecified atom stereocenters. The lowest BCUT2D eigenvalue weighted by Gasteiger charge is -2.28. The van der Waals surface area contributed by atoms with E-state index in [0.717, 1.165) is 27.5 Å². The zero-order valence-corrected chi connectivity index (χ0v) is 25.2. The fourth-order valence-electron chi connectivity index (χ4n) is 5.51. The largest absolute Gasteiger partial charge is 0.493 e. The molecule has 1 aliphatic carbocycles. The van der Waals surface area contributed by atoms with Crippen molar-refractivity contribution < 1.29 is 23.8 Å². The Labute approximate surface area is 260 Å². The Balaban J connectivity index is 1.45. The Kier molecular flexibility index (Phi) is 8.52. The number of methoxy groups -OCH3 is 2. The topological polar surface area (TPSA) is 103 Å². The van der Waals surface area contributed by atoms with Crippen LogP contribution in [0.25, 0.3) is 27.2 Å². The van der Waals surface area contributed by atoms with E-state index in [9.17, 15) is 9.59 Å². The predicted octanol–water partition coefficient (Wildman–Crippen LogP) is 6.81. The van der Waals surface area contributed by atoms with Gasteiger partial charge in [-0.3, -0.25) is 9.59 Å². The summed E-state index contributed by atoms with van der Waals surface area (Å²) in [6.07, 6.45) is 5.50. The third kappa shape index (κ3) is 5.98. The second kappa shape index (κ2) is 13.0. The van der Waals surface area contributed by atoms with Crippen molar-refractivity contribution in [1.82, 2.24) is 9.97 Å². The highest BCUT2D eigenvalue weighted by Crippen LogP contribution is 2.40. The van der Waals surface area contributed by atoms with Crippen molar-refractivity contribution in [3.8, 4) is 11.5 Å². The minimum atomic E-state index is -0.237. The maximum absolute atomic E-state index is 13.2. The molecule has 4 aromatic carbocycles. The molecule has 0 spiro atoms. The number of benzene rings is 4. The highest BCUT2D eigenvalue weighted by atomic mass is 16.5. The van der Waals surface area contributed by atoms with Crippen molar-refractivity contribution in [2.45, 2.75) is 6.92 Å². The molecule has 1 N–H and O–H groups in total. The summed E-state index contributed by atoms with van der Waals surface area (Å²) >= 11 is 0. The molecule has 0 amide bonds. The van der Waals surface area contributed by atoms with Crippen LogP contribution in [-0.4, -0.2) is 55.5 Å². The van der Waals surface area contributed by atoms with E-state index in [1.807, 2.05) is 42.5 Å². The van der Waals surface area contributed by atoms with Crippen LogP contribution in [0.1, 0.15) is 12.5 Å². The van der Waals surface area contributed by atoms with Crippen LogP contribution in [0.15, 0.2) is 97.4 Å². The molecule has 0 saturated heterocycles. The quantitative estimate of drug-likeness (QED) is 0.129. The number of anilines is 4. The maximum atomic E-state index is 13.2. The van der Waals surface area contributed by atoms with Gasteiger partial charge < -0.3 is 24.4 Å². The average molecular weight is 601 g/mol. The molecule has 45 heavy (non-hydrogen) atoms. The summed E-state index contributed by atoms with van der Waals surface area (Å²) in [6.45, 7) is 3.49. The molecule has 6 rings (SSSR count). The standard InChI is InChI=1S/C36H32N4O5/c1-4-40(31-11-7-9-23-8-5-6-10-26(23)31)32-14-12-24(18-27(32)28-19-25(41)13-15-33(28)42)39-36-29-20-34(44-3)35(45-17-16-43-2)21-30(29)37-22-38-36/h5-15,18-22H,4,16-17H2,1-3H3,(H,37,38,39). The molecule has 9 nitrogen and oxygen atoms in total. The van der Waals surface area contributed by atoms with Crippen LogP contribution < -0.4 is 19.7 Å². The van der Waals surface area contributed by atoms with Gasteiger partial charge in [0.2, 0.25) is 0 Å². The molecule has 1 aliphatic rings. The lowest BCUT2D eigenvalue weighted by atomic mass is 9.93. The molecule has 226 valence electrons. The third-order valence-electron chi connectivity index (χ3n) is 7.63. The zero-order chi connectivity index (χ0) is 31.3. The van der Waals surface area contributed by atoms with E-state index in [4.69, 9.17) is 14.2 Å². The van der Waals surface area contributed by atoms with Crippen molar-refractivity contribution in [1.29, 1.82) is 0 Å². The van der Waals surface area contributed by atoms with Crippen molar-refractivity contribution in [2.24, 2.45) is 0 Å². The number of carbonyl (C=O) groups excluding carboxylic acids is 2. The van der Waals surface area contributed by atoms with Gasteiger partial charge in [0.25, 0.3) is 0 Å². The summed E-state index contributed by atoms with van der Waals surface area (Å²) in [5.74, 6) is 1.15. The second-order valence-corrected chi connectivity index (χ2v) is 10.3. The first-order valence-electron chi connectivity index (χ1n) is 14.6. The van der Waals surface area contributed by atoms with Gasteiger partial charge in [-0.25, -0.2) is 9.97 Å². The average Bonchev–Trinajstić information content (AvgIpc) is 3.06. The number of ether oxygens (including phenoxy) is 3. The van der Waals surface area contributed by atoms with Crippen LogP contribution in [0.4, 0.5) is 22.9 Å². The van der Waals surface area contributed by atoms with E-state index < -0.39 is 0 Å². The fraction of sp³-hybridized carbons (Fsp3) is 0.167. The molecule has 0 saturated carbocycles. The van der Waals surface area contributed by atoms with Gasteiger partial charge in [0.15, 0.2) is 23.1 Å².